The van der Waals surface area contributed by atoms with Crippen LogP contribution in [0.15, 0.2) is 41.3 Å². The number of fused-ring (bicyclic) bond motifs is 1. The molecule has 0 bridgehead atoms. The Morgan fingerprint density at radius 3 is 2.55 bits per heavy atom. The molecule has 1 aliphatic heterocycles. The topological polar surface area (TPSA) is 63.4 Å². The van der Waals surface area contributed by atoms with Gasteiger partial charge in [0.05, 0.1) is 4.90 Å². The van der Waals surface area contributed by atoms with Crippen molar-refractivity contribution in [2.45, 2.75) is 18.2 Å². The van der Waals surface area contributed by atoms with Crippen molar-refractivity contribution in [1.82, 2.24) is 4.31 Å². The number of hydrogen-bond donors (Lipinski definition) is 1. The lowest BCUT2D eigenvalue weighted by atomic mass is 9.90. The predicted octanol–water partition coefficient (Wildman–Crippen LogP) is 2.85. The van der Waals surface area contributed by atoms with E-state index >= 15 is 0 Å². The molecule has 1 atom stereocenters. The Balaban J connectivity index is 2.10. The molecule has 2 aromatic rings. The molecule has 0 aromatic heterocycles. The second-order valence-corrected chi connectivity index (χ2v) is 8.51. The predicted molar refractivity (Wildman–Crippen MR) is 89.5 cm³/mol. The van der Waals surface area contributed by atoms with Crippen molar-refractivity contribution in [1.29, 1.82) is 0 Å². The molecule has 0 amide bonds. The molecular weight excluding hydrogens is 320 g/mol. The molecule has 0 saturated carbocycles. The van der Waals surface area contributed by atoms with Gasteiger partial charge in [0.15, 0.2) is 0 Å². The molecule has 22 heavy (non-hydrogen) atoms. The zero-order valence-electron chi connectivity index (χ0n) is 12.4. The second-order valence-electron chi connectivity index (χ2n) is 6.19. The van der Waals surface area contributed by atoms with Gasteiger partial charge in [-0.1, -0.05) is 42.8 Å². The molecule has 1 saturated heterocycles. The summed E-state index contributed by atoms with van der Waals surface area (Å²) in [6.45, 7) is 3.48. The van der Waals surface area contributed by atoms with E-state index in [2.05, 4.69) is 0 Å². The van der Waals surface area contributed by atoms with Gasteiger partial charge in [-0.2, -0.15) is 4.31 Å². The zero-order chi connectivity index (χ0) is 16.0. The van der Waals surface area contributed by atoms with Crippen LogP contribution in [-0.4, -0.2) is 32.4 Å². The van der Waals surface area contributed by atoms with Crippen LogP contribution >= 0.6 is 11.6 Å². The first-order valence-electron chi connectivity index (χ1n) is 7.25. The maximum atomic E-state index is 13.0. The summed E-state index contributed by atoms with van der Waals surface area (Å²) in [6.07, 6.45) is 0.786. The molecule has 0 radical (unpaired) electrons. The highest BCUT2D eigenvalue weighted by Gasteiger charge is 2.39. The van der Waals surface area contributed by atoms with Crippen LogP contribution in [0.2, 0.25) is 5.02 Å². The van der Waals surface area contributed by atoms with Crippen molar-refractivity contribution in [3.8, 4) is 0 Å². The van der Waals surface area contributed by atoms with Crippen LogP contribution in [0.3, 0.4) is 0 Å². The third kappa shape index (κ3) is 2.52. The van der Waals surface area contributed by atoms with Crippen LogP contribution < -0.4 is 5.73 Å². The van der Waals surface area contributed by atoms with Crippen LogP contribution in [0, 0.1) is 5.41 Å². The van der Waals surface area contributed by atoms with Crippen molar-refractivity contribution in [3.05, 3.63) is 41.4 Å². The third-order valence-electron chi connectivity index (χ3n) is 4.46. The Morgan fingerprint density at radius 2 is 1.91 bits per heavy atom. The fraction of sp³-hybridized carbons (Fsp3) is 0.375. The smallest absolute Gasteiger partial charge is 0.243 e. The van der Waals surface area contributed by atoms with Crippen molar-refractivity contribution in [3.63, 3.8) is 0 Å². The van der Waals surface area contributed by atoms with Crippen molar-refractivity contribution < 1.29 is 8.42 Å². The highest BCUT2D eigenvalue weighted by Crippen LogP contribution is 2.36. The molecule has 1 aliphatic rings. The van der Waals surface area contributed by atoms with Crippen LogP contribution in [0.4, 0.5) is 0 Å². The van der Waals surface area contributed by atoms with Gasteiger partial charge in [-0.25, -0.2) is 8.42 Å². The fourth-order valence-electron chi connectivity index (χ4n) is 2.95. The Hall–Kier alpha value is -1.14. The minimum Gasteiger partial charge on any atom is -0.330 e. The summed E-state index contributed by atoms with van der Waals surface area (Å²) in [4.78, 5) is 0.314. The minimum atomic E-state index is -3.54. The van der Waals surface area contributed by atoms with Gasteiger partial charge >= 0.3 is 0 Å². The van der Waals surface area contributed by atoms with Crippen LogP contribution in [-0.2, 0) is 10.0 Å². The van der Waals surface area contributed by atoms with E-state index in [1.165, 1.54) is 4.31 Å². The van der Waals surface area contributed by atoms with E-state index < -0.39 is 10.0 Å². The molecule has 2 aromatic carbocycles. The van der Waals surface area contributed by atoms with Crippen molar-refractivity contribution in [2.24, 2.45) is 11.1 Å². The lowest BCUT2D eigenvalue weighted by molar-refractivity contribution is 0.350. The van der Waals surface area contributed by atoms with Gasteiger partial charge in [-0.05, 0) is 30.5 Å². The summed E-state index contributed by atoms with van der Waals surface area (Å²) >= 11 is 6.18. The van der Waals surface area contributed by atoms with Gasteiger partial charge in [0.1, 0.15) is 0 Å². The Morgan fingerprint density at radius 1 is 1.23 bits per heavy atom. The highest BCUT2D eigenvalue weighted by molar-refractivity contribution is 7.89. The van der Waals surface area contributed by atoms with E-state index in [0.29, 0.717) is 34.9 Å². The van der Waals surface area contributed by atoms with Gasteiger partial charge in [0, 0.05) is 28.9 Å². The molecule has 0 aliphatic carbocycles. The molecule has 1 heterocycles. The first-order chi connectivity index (χ1) is 10.4. The average Bonchev–Trinajstić information content (AvgIpc) is 2.92. The molecule has 3 rings (SSSR count). The Bertz CT molecular complexity index is 822. The molecular formula is C16H19ClN2O2S. The summed E-state index contributed by atoms with van der Waals surface area (Å²) in [5, 5.41) is 1.98. The lowest BCUT2D eigenvalue weighted by Gasteiger charge is -2.23. The molecule has 1 unspecified atom stereocenters. The average molecular weight is 339 g/mol. The van der Waals surface area contributed by atoms with Gasteiger partial charge in [-0.15, -0.1) is 0 Å². The monoisotopic (exact) mass is 338 g/mol. The SMILES string of the molecule is CC1(CN)CCN(S(=O)(=O)c2ccc(Cl)c3ccccc23)C1. The first-order valence-corrected chi connectivity index (χ1v) is 9.07. The third-order valence-corrected chi connectivity index (χ3v) is 6.70. The quantitative estimate of drug-likeness (QED) is 0.936. The number of sulfonamides is 1. The van der Waals surface area contributed by atoms with E-state index in [4.69, 9.17) is 17.3 Å². The van der Waals surface area contributed by atoms with Gasteiger partial charge in [0.25, 0.3) is 0 Å². The first kappa shape index (κ1) is 15.7. The summed E-state index contributed by atoms with van der Waals surface area (Å²) < 4.78 is 27.5. The number of halogens is 1. The van der Waals surface area contributed by atoms with Crippen LogP contribution in [0.5, 0.6) is 0 Å². The number of benzene rings is 2. The highest BCUT2D eigenvalue weighted by atomic mass is 35.5. The van der Waals surface area contributed by atoms with E-state index in [1.54, 1.807) is 18.2 Å². The zero-order valence-corrected chi connectivity index (χ0v) is 14.0. The van der Waals surface area contributed by atoms with E-state index in [1.807, 2.05) is 25.1 Å². The van der Waals surface area contributed by atoms with Gasteiger partial charge in [0.2, 0.25) is 10.0 Å². The largest absolute Gasteiger partial charge is 0.330 e. The second kappa shape index (κ2) is 5.49. The Kier molecular flexibility index (Phi) is 3.93. The van der Waals surface area contributed by atoms with E-state index in [-0.39, 0.29) is 5.41 Å². The molecule has 1 fully saturated rings. The molecule has 4 nitrogen and oxygen atoms in total. The number of rotatable bonds is 3. The number of hydrogen-bond acceptors (Lipinski definition) is 3. The molecule has 2 N–H and O–H groups in total. The minimum absolute atomic E-state index is 0.144. The summed E-state index contributed by atoms with van der Waals surface area (Å²) in [7, 11) is -3.54. The maximum absolute atomic E-state index is 13.0. The van der Waals surface area contributed by atoms with Crippen LogP contribution in [0.1, 0.15) is 13.3 Å². The summed E-state index contributed by atoms with van der Waals surface area (Å²) in [5.41, 5.74) is 5.64. The van der Waals surface area contributed by atoms with Crippen molar-refractivity contribution in [2.75, 3.05) is 19.6 Å². The van der Waals surface area contributed by atoms with Crippen LogP contribution in [0.25, 0.3) is 10.8 Å². The molecule has 0 spiro atoms. The number of nitrogens with zero attached hydrogens (tertiary/aromatic N) is 1. The fourth-order valence-corrected chi connectivity index (χ4v) is 4.96. The lowest BCUT2D eigenvalue weighted by Crippen LogP contribution is -2.34. The van der Waals surface area contributed by atoms with Gasteiger partial charge in [-0.3, -0.25) is 0 Å². The summed E-state index contributed by atoms with van der Waals surface area (Å²) in [6, 6.07) is 10.6. The molecule has 6 heteroatoms. The van der Waals surface area contributed by atoms with Crippen molar-refractivity contribution >= 4 is 32.4 Å². The number of nitrogens with two attached hydrogens (primary N) is 1. The Labute approximate surface area is 135 Å². The molecule has 118 valence electrons. The van der Waals surface area contributed by atoms with E-state index in [9.17, 15) is 8.42 Å². The maximum Gasteiger partial charge on any atom is 0.243 e. The van der Waals surface area contributed by atoms with E-state index in [0.717, 1.165) is 11.8 Å². The summed E-state index contributed by atoms with van der Waals surface area (Å²) in [5.74, 6) is 0. The normalized spacial score (nSPS) is 23.2. The standard InChI is InChI=1S/C16H19ClN2O2S/c1-16(10-18)8-9-19(11-16)22(20,21)15-7-6-14(17)12-4-2-3-5-13(12)15/h2-7H,8-11,18H2,1H3. The van der Waals surface area contributed by atoms with Gasteiger partial charge < -0.3 is 5.73 Å².